The van der Waals surface area contributed by atoms with Crippen LogP contribution in [0.2, 0.25) is 5.02 Å². The maximum atomic E-state index is 13.3. The lowest BCUT2D eigenvalue weighted by atomic mass is 10.1. The van der Waals surface area contributed by atoms with Crippen molar-refractivity contribution in [1.82, 2.24) is 5.32 Å². The SMILES string of the molecule is CCOc1cccc(N2C(=O)/C(=C/c3cc(Cl)c(O[C@H](C)CC)c(OC)c3)C(=O)NC2=S)c1. The summed E-state index contributed by atoms with van der Waals surface area (Å²) in [7, 11) is 1.50. The van der Waals surface area contributed by atoms with E-state index in [0.29, 0.717) is 40.1 Å². The summed E-state index contributed by atoms with van der Waals surface area (Å²) in [4.78, 5) is 27.2. The highest BCUT2D eigenvalue weighted by atomic mass is 35.5. The van der Waals surface area contributed by atoms with Gasteiger partial charge in [-0.15, -0.1) is 0 Å². The predicted molar refractivity (Wildman–Crippen MR) is 132 cm³/mol. The molecule has 174 valence electrons. The Hall–Kier alpha value is -3.10. The lowest BCUT2D eigenvalue weighted by Crippen LogP contribution is -2.54. The number of thiocarbonyl (C=S) groups is 1. The molecular formula is C24H25ClN2O5S. The Balaban J connectivity index is 1.99. The Morgan fingerprint density at radius 2 is 1.97 bits per heavy atom. The number of rotatable bonds is 8. The molecule has 2 aromatic rings. The molecular weight excluding hydrogens is 464 g/mol. The van der Waals surface area contributed by atoms with Gasteiger partial charge in [-0.1, -0.05) is 24.6 Å². The average molecular weight is 489 g/mol. The van der Waals surface area contributed by atoms with Gasteiger partial charge >= 0.3 is 0 Å². The van der Waals surface area contributed by atoms with Gasteiger partial charge in [0.05, 0.1) is 30.5 Å². The van der Waals surface area contributed by atoms with Crippen LogP contribution < -0.4 is 24.4 Å². The van der Waals surface area contributed by atoms with Gasteiger partial charge in [-0.25, -0.2) is 0 Å². The van der Waals surface area contributed by atoms with Crippen molar-refractivity contribution in [3.05, 3.63) is 52.6 Å². The fourth-order valence-electron chi connectivity index (χ4n) is 3.16. The molecule has 1 saturated heterocycles. The topological polar surface area (TPSA) is 77.1 Å². The van der Waals surface area contributed by atoms with Crippen LogP contribution in [0.15, 0.2) is 42.0 Å². The summed E-state index contributed by atoms with van der Waals surface area (Å²) in [5.41, 5.74) is 0.886. The van der Waals surface area contributed by atoms with Crippen molar-refractivity contribution < 1.29 is 23.8 Å². The Bertz CT molecular complexity index is 1120. The van der Waals surface area contributed by atoms with Crippen LogP contribution in [0.4, 0.5) is 5.69 Å². The fraction of sp³-hybridized carbons (Fsp3) is 0.292. The maximum absolute atomic E-state index is 13.3. The molecule has 1 atom stereocenters. The number of methoxy groups -OCH3 is 1. The van der Waals surface area contributed by atoms with Gasteiger partial charge in [0.2, 0.25) is 0 Å². The third kappa shape index (κ3) is 5.46. The molecule has 2 aromatic carbocycles. The number of benzene rings is 2. The molecule has 0 bridgehead atoms. The molecule has 0 aliphatic carbocycles. The van der Waals surface area contributed by atoms with Gasteiger partial charge in [0, 0.05) is 6.07 Å². The van der Waals surface area contributed by atoms with Crippen molar-refractivity contribution in [2.45, 2.75) is 33.3 Å². The smallest absolute Gasteiger partial charge is 0.270 e. The first-order valence-corrected chi connectivity index (χ1v) is 11.3. The van der Waals surface area contributed by atoms with Gasteiger partial charge in [0.1, 0.15) is 11.3 Å². The Morgan fingerprint density at radius 3 is 2.64 bits per heavy atom. The van der Waals surface area contributed by atoms with E-state index in [9.17, 15) is 9.59 Å². The van der Waals surface area contributed by atoms with Gasteiger partial charge in [0.15, 0.2) is 16.6 Å². The van der Waals surface area contributed by atoms with E-state index in [1.165, 1.54) is 18.1 Å². The molecule has 0 unspecified atom stereocenters. The lowest BCUT2D eigenvalue weighted by molar-refractivity contribution is -0.122. The van der Waals surface area contributed by atoms with Gasteiger partial charge in [0.25, 0.3) is 11.8 Å². The van der Waals surface area contributed by atoms with Crippen molar-refractivity contribution in [2.24, 2.45) is 0 Å². The van der Waals surface area contributed by atoms with E-state index in [1.54, 1.807) is 36.4 Å². The summed E-state index contributed by atoms with van der Waals surface area (Å²) >= 11 is 11.7. The summed E-state index contributed by atoms with van der Waals surface area (Å²) in [6.45, 7) is 6.26. The molecule has 0 spiro atoms. The normalized spacial score (nSPS) is 16.0. The fourth-order valence-corrected chi connectivity index (χ4v) is 3.70. The van der Waals surface area contributed by atoms with Crippen LogP contribution in [-0.4, -0.2) is 36.7 Å². The molecule has 0 saturated carbocycles. The third-order valence-electron chi connectivity index (χ3n) is 4.95. The second kappa shape index (κ2) is 10.7. The number of amides is 2. The zero-order valence-corrected chi connectivity index (χ0v) is 20.4. The molecule has 9 heteroatoms. The van der Waals surface area contributed by atoms with E-state index in [1.807, 2.05) is 20.8 Å². The van der Waals surface area contributed by atoms with Crippen LogP contribution in [0.1, 0.15) is 32.8 Å². The summed E-state index contributed by atoms with van der Waals surface area (Å²) in [6.07, 6.45) is 2.17. The van der Waals surface area contributed by atoms with Crippen LogP contribution in [-0.2, 0) is 9.59 Å². The lowest BCUT2D eigenvalue weighted by Gasteiger charge is -2.29. The van der Waals surface area contributed by atoms with Crippen molar-refractivity contribution in [3.8, 4) is 17.2 Å². The van der Waals surface area contributed by atoms with Crippen LogP contribution in [0, 0.1) is 0 Å². The number of nitrogens with one attached hydrogen (secondary N) is 1. The first-order chi connectivity index (χ1) is 15.8. The maximum Gasteiger partial charge on any atom is 0.270 e. The van der Waals surface area contributed by atoms with Crippen LogP contribution >= 0.6 is 23.8 Å². The van der Waals surface area contributed by atoms with Gasteiger partial charge in [-0.3, -0.25) is 19.8 Å². The molecule has 7 nitrogen and oxygen atoms in total. The molecule has 0 radical (unpaired) electrons. The Morgan fingerprint density at radius 1 is 1.21 bits per heavy atom. The molecule has 1 heterocycles. The third-order valence-corrected chi connectivity index (χ3v) is 5.51. The van der Waals surface area contributed by atoms with E-state index >= 15 is 0 Å². The van der Waals surface area contributed by atoms with Gasteiger partial charge in [-0.05, 0) is 68.4 Å². The van der Waals surface area contributed by atoms with E-state index in [4.69, 9.17) is 38.0 Å². The molecule has 1 aliphatic rings. The van der Waals surface area contributed by atoms with Crippen molar-refractivity contribution in [3.63, 3.8) is 0 Å². The number of nitrogens with zero attached hydrogens (tertiary/aromatic N) is 1. The van der Waals surface area contributed by atoms with E-state index in [-0.39, 0.29) is 16.8 Å². The van der Waals surface area contributed by atoms with Crippen LogP contribution in [0.25, 0.3) is 6.08 Å². The number of carbonyl (C=O) groups excluding carboxylic acids is 2. The minimum absolute atomic E-state index is 0.0105. The average Bonchev–Trinajstić information content (AvgIpc) is 2.78. The first kappa shape index (κ1) is 24.5. The molecule has 3 rings (SSSR count). The highest BCUT2D eigenvalue weighted by Crippen LogP contribution is 2.38. The number of halogens is 1. The van der Waals surface area contributed by atoms with E-state index < -0.39 is 11.8 Å². The molecule has 1 fully saturated rings. The van der Waals surface area contributed by atoms with Gasteiger partial charge < -0.3 is 14.2 Å². The summed E-state index contributed by atoms with van der Waals surface area (Å²) < 4.78 is 16.8. The summed E-state index contributed by atoms with van der Waals surface area (Å²) in [5.74, 6) is 0.229. The summed E-state index contributed by atoms with van der Waals surface area (Å²) in [5, 5.41) is 2.86. The van der Waals surface area contributed by atoms with Crippen molar-refractivity contribution in [1.29, 1.82) is 0 Å². The van der Waals surface area contributed by atoms with Crippen molar-refractivity contribution in [2.75, 3.05) is 18.6 Å². The highest BCUT2D eigenvalue weighted by molar-refractivity contribution is 7.80. The predicted octanol–water partition coefficient (Wildman–Crippen LogP) is 4.76. The largest absolute Gasteiger partial charge is 0.494 e. The standard InChI is InChI=1S/C24H25ClN2O5S/c1-5-14(3)32-21-19(25)11-15(12-20(21)30-4)10-18-22(28)26-24(33)27(23(18)29)16-8-7-9-17(13-16)31-6-2/h7-14H,5-6H2,1-4H3,(H,26,28,33)/b18-10+/t14-/m1/s1. The molecule has 1 N–H and O–H groups in total. The molecule has 33 heavy (non-hydrogen) atoms. The second-order valence-electron chi connectivity index (χ2n) is 7.26. The molecule has 2 amide bonds. The molecule has 1 aliphatic heterocycles. The number of hydrogen-bond donors (Lipinski definition) is 1. The quantitative estimate of drug-likeness (QED) is 0.328. The Labute approximate surface area is 203 Å². The zero-order valence-electron chi connectivity index (χ0n) is 18.8. The van der Waals surface area contributed by atoms with Gasteiger partial charge in [-0.2, -0.15) is 0 Å². The highest BCUT2D eigenvalue weighted by Gasteiger charge is 2.34. The Kier molecular flexibility index (Phi) is 7.94. The minimum atomic E-state index is -0.600. The van der Waals surface area contributed by atoms with Crippen molar-refractivity contribution >= 4 is 52.5 Å². The zero-order chi connectivity index (χ0) is 24.1. The first-order valence-electron chi connectivity index (χ1n) is 10.5. The monoisotopic (exact) mass is 488 g/mol. The van der Waals surface area contributed by atoms with Crippen LogP contribution in [0.5, 0.6) is 17.2 Å². The second-order valence-corrected chi connectivity index (χ2v) is 8.05. The number of anilines is 1. The minimum Gasteiger partial charge on any atom is -0.494 e. The van der Waals surface area contributed by atoms with E-state index in [2.05, 4.69) is 5.32 Å². The van der Waals surface area contributed by atoms with E-state index in [0.717, 1.165) is 6.42 Å². The number of hydrogen-bond acceptors (Lipinski definition) is 6. The molecule has 0 aromatic heterocycles. The summed E-state index contributed by atoms with van der Waals surface area (Å²) in [6, 6.07) is 10.2. The number of ether oxygens (including phenoxy) is 3. The van der Waals surface area contributed by atoms with Crippen LogP contribution in [0.3, 0.4) is 0 Å². The number of carbonyl (C=O) groups is 2.